The minimum absolute atomic E-state index is 0.163. The number of furan rings is 1. The first kappa shape index (κ1) is 15.1. The van der Waals surface area contributed by atoms with Gasteiger partial charge in [-0.2, -0.15) is 0 Å². The van der Waals surface area contributed by atoms with Crippen molar-refractivity contribution in [2.24, 2.45) is 0 Å². The predicted molar refractivity (Wildman–Crippen MR) is 78.3 cm³/mol. The van der Waals surface area contributed by atoms with E-state index < -0.39 is 5.97 Å². The number of hydrogen-bond acceptors (Lipinski definition) is 5. The smallest absolute Gasteiger partial charge is 0.343 e. The highest BCUT2D eigenvalue weighted by molar-refractivity contribution is 9.10. The fourth-order valence-corrected chi connectivity index (χ4v) is 1.91. The average molecular weight is 354 g/mol. The number of nitrogens with one attached hydrogen (secondary N) is 1. The van der Waals surface area contributed by atoms with E-state index in [4.69, 9.17) is 9.15 Å². The van der Waals surface area contributed by atoms with Gasteiger partial charge in [-0.25, -0.2) is 4.79 Å². The number of esters is 1. The van der Waals surface area contributed by atoms with E-state index in [9.17, 15) is 9.59 Å². The molecule has 1 amide bonds. The Balaban J connectivity index is 1.95. The van der Waals surface area contributed by atoms with Crippen LogP contribution in [0.1, 0.15) is 10.4 Å². The molecule has 6 nitrogen and oxygen atoms in total. The molecule has 2 rings (SSSR count). The Bertz CT molecular complexity index is 635. The maximum absolute atomic E-state index is 11.9. The monoisotopic (exact) mass is 353 g/mol. The first-order chi connectivity index (χ1) is 10.1. The predicted octanol–water partition coefficient (Wildman–Crippen LogP) is 2.85. The van der Waals surface area contributed by atoms with Gasteiger partial charge in [-0.3, -0.25) is 4.79 Å². The topological polar surface area (TPSA) is 77.8 Å². The van der Waals surface area contributed by atoms with Crippen LogP contribution in [0.5, 0.6) is 5.75 Å². The minimum Gasteiger partial charge on any atom is -0.482 e. The zero-order chi connectivity index (χ0) is 15.2. The number of hydrogen-bond donors (Lipinski definition) is 1. The second-order valence-electron chi connectivity index (χ2n) is 3.95. The lowest BCUT2D eigenvalue weighted by atomic mass is 10.2. The van der Waals surface area contributed by atoms with Gasteiger partial charge < -0.3 is 19.2 Å². The van der Waals surface area contributed by atoms with E-state index in [1.54, 1.807) is 30.3 Å². The number of methoxy groups -OCH3 is 1. The summed E-state index contributed by atoms with van der Waals surface area (Å²) in [6.45, 7) is -0.163. The van der Waals surface area contributed by atoms with Crippen LogP contribution in [0.4, 0.5) is 5.69 Å². The fraction of sp³-hybridized carbons (Fsp3) is 0.143. The summed E-state index contributed by atoms with van der Waals surface area (Å²) < 4.78 is 15.0. The largest absolute Gasteiger partial charge is 0.482 e. The van der Waals surface area contributed by atoms with Crippen molar-refractivity contribution in [3.05, 3.63) is 46.8 Å². The van der Waals surface area contributed by atoms with E-state index in [1.807, 2.05) is 0 Å². The molecule has 0 bridgehead atoms. The quantitative estimate of drug-likeness (QED) is 0.836. The molecule has 1 N–H and O–H groups in total. The molecule has 1 aromatic heterocycles. The fourth-order valence-electron chi connectivity index (χ4n) is 1.49. The molecule has 0 saturated heterocycles. The van der Waals surface area contributed by atoms with Crippen LogP contribution in [-0.4, -0.2) is 25.6 Å². The molecule has 0 spiro atoms. The zero-order valence-corrected chi connectivity index (χ0v) is 12.7. The number of rotatable bonds is 5. The van der Waals surface area contributed by atoms with Crippen molar-refractivity contribution in [3.63, 3.8) is 0 Å². The lowest BCUT2D eigenvalue weighted by Gasteiger charge is -2.07. The highest BCUT2D eigenvalue weighted by Crippen LogP contribution is 2.20. The lowest BCUT2D eigenvalue weighted by Crippen LogP contribution is -2.13. The van der Waals surface area contributed by atoms with Gasteiger partial charge in [0.25, 0.3) is 5.91 Å². The lowest BCUT2D eigenvalue weighted by molar-refractivity contribution is -0.142. The molecule has 1 heterocycles. The van der Waals surface area contributed by atoms with Crippen LogP contribution >= 0.6 is 15.9 Å². The summed E-state index contributed by atoms with van der Waals surface area (Å²) in [4.78, 5) is 22.9. The Hall–Kier alpha value is -2.28. The summed E-state index contributed by atoms with van der Waals surface area (Å²) in [5, 5.41) is 2.71. The number of carbonyl (C=O) groups excluding carboxylic acids is 2. The summed E-state index contributed by atoms with van der Waals surface area (Å²) in [7, 11) is 1.29. The molecular formula is C14H12BrNO5. The minimum atomic E-state index is -0.461. The average Bonchev–Trinajstić information content (AvgIpc) is 2.92. The molecule has 0 aliphatic rings. The van der Waals surface area contributed by atoms with Crippen molar-refractivity contribution in [3.8, 4) is 5.75 Å². The maximum atomic E-state index is 11.9. The van der Waals surface area contributed by atoms with Crippen molar-refractivity contribution in [2.45, 2.75) is 0 Å². The van der Waals surface area contributed by atoms with Gasteiger partial charge in [-0.1, -0.05) is 0 Å². The standard InChI is InChI=1S/C14H12BrNO5/c1-19-12(17)8-21-10-4-2-9(3-5-10)16-14(18)11-6-7-20-13(11)15/h2-7H,8H2,1H3,(H,16,18). The van der Waals surface area contributed by atoms with Gasteiger partial charge >= 0.3 is 5.97 Å². The van der Waals surface area contributed by atoms with Crippen molar-refractivity contribution in [2.75, 3.05) is 19.0 Å². The molecule has 2 aromatic rings. The molecule has 110 valence electrons. The molecule has 0 aliphatic carbocycles. The highest BCUT2D eigenvalue weighted by atomic mass is 79.9. The van der Waals surface area contributed by atoms with Gasteiger partial charge in [0.15, 0.2) is 11.3 Å². The summed E-state index contributed by atoms with van der Waals surface area (Å²) in [6, 6.07) is 8.18. The molecule has 1 aromatic carbocycles. The van der Waals surface area contributed by atoms with Gasteiger partial charge in [-0.15, -0.1) is 0 Å². The van der Waals surface area contributed by atoms with Crippen LogP contribution in [0.15, 0.2) is 45.7 Å². The Kier molecular flexibility index (Phi) is 4.99. The first-order valence-electron chi connectivity index (χ1n) is 5.94. The maximum Gasteiger partial charge on any atom is 0.343 e. The molecule has 0 saturated carbocycles. The molecule has 0 atom stereocenters. The van der Waals surface area contributed by atoms with E-state index >= 15 is 0 Å². The molecule has 0 radical (unpaired) electrons. The molecule has 7 heteroatoms. The van der Waals surface area contributed by atoms with E-state index in [-0.39, 0.29) is 12.5 Å². The van der Waals surface area contributed by atoms with E-state index in [2.05, 4.69) is 26.0 Å². The summed E-state index contributed by atoms with van der Waals surface area (Å²) in [5.41, 5.74) is 1.000. The molecule has 0 unspecified atom stereocenters. The van der Waals surface area contributed by atoms with Crippen LogP contribution in [0.2, 0.25) is 0 Å². The van der Waals surface area contributed by atoms with Crippen LogP contribution in [-0.2, 0) is 9.53 Å². The van der Waals surface area contributed by atoms with Gasteiger partial charge in [0.05, 0.1) is 18.9 Å². The summed E-state index contributed by atoms with van der Waals surface area (Å²) in [5.74, 6) is -0.251. The summed E-state index contributed by atoms with van der Waals surface area (Å²) >= 11 is 3.14. The van der Waals surface area contributed by atoms with Crippen LogP contribution in [0, 0.1) is 0 Å². The number of ether oxygens (including phenoxy) is 2. The SMILES string of the molecule is COC(=O)COc1ccc(NC(=O)c2ccoc2Br)cc1. The van der Waals surface area contributed by atoms with Gasteiger partial charge in [0, 0.05) is 5.69 Å². The van der Waals surface area contributed by atoms with Gasteiger partial charge in [-0.05, 0) is 46.3 Å². The number of carbonyl (C=O) groups is 2. The molecule has 21 heavy (non-hydrogen) atoms. The van der Waals surface area contributed by atoms with Crippen LogP contribution < -0.4 is 10.1 Å². The van der Waals surface area contributed by atoms with E-state index in [1.165, 1.54) is 13.4 Å². The summed E-state index contributed by atoms with van der Waals surface area (Å²) in [6.07, 6.45) is 1.42. The van der Waals surface area contributed by atoms with Crippen LogP contribution in [0.25, 0.3) is 0 Å². The van der Waals surface area contributed by atoms with E-state index in [0.717, 1.165) is 0 Å². The number of anilines is 1. The molecule has 0 aliphatic heterocycles. The van der Waals surface area contributed by atoms with Gasteiger partial charge in [0.1, 0.15) is 5.75 Å². The Morgan fingerprint density at radius 1 is 1.24 bits per heavy atom. The number of amides is 1. The molecule has 0 fully saturated rings. The molecular weight excluding hydrogens is 342 g/mol. The second kappa shape index (κ2) is 6.94. The number of benzene rings is 1. The third kappa shape index (κ3) is 4.09. The van der Waals surface area contributed by atoms with Crippen molar-refractivity contribution in [1.29, 1.82) is 0 Å². The second-order valence-corrected chi connectivity index (χ2v) is 4.67. The van der Waals surface area contributed by atoms with Crippen molar-refractivity contribution < 1.29 is 23.5 Å². The Morgan fingerprint density at radius 3 is 2.52 bits per heavy atom. The Labute approximate surface area is 129 Å². The third-order valence-electron chi connectivity index (χ3n) is 2.56. The first-order valence-corrected chi connectivity index (χ1v) is 6.73. The van der Waals surface area contributed by atoms with E-state index in [0.29, 0.717) is 21.7 Å². The van der Waals surface area contributed by atoms with Crippen molar-refractivity contribution in [1.82, 2.24) is 0 Å². The Morgan fingerprint density at radius 2 is 1.95 bits per heavy atom. The van der Waals surface area contributed by atoms with Crippen molar-refractivity contribution >= 4 is 33.5 Å². The third-order valence-corrected chi connectivity index (χ3v) is 3.17. The van der Waals surface area contributed by atoms with Gasteiger partial charge in [0.2, 0.25) is 0 Å². The number of halogens is 1. The normalized spacial score (nSPS) is 10.0. The zero-order valence-electron chi connectivity index (χ0n) is 11.1. The van der Waals surface area contributed by atoms with Crippen LogP contribution in [0.3, 0.4) is 0 Å². The highest BCUT2D eigenvalue weighted by Gasteiger charge is 2.12.